The lowest BCUT2D eigenvalue weighted by molar-refractivity contribution is -0.0195. The molecule has 0 amide bonds. The van der Waals surface area contributed by atoms with Crippen LogP contribution in [0.4, 0.5) is 0 Å². The Morgan fingerprint density at radius 3 is 2.88 bits per heavy atom. The summed E-state index contributed by atoms with van der Waals surface area (Å²) < 4.78 is 5.45. The third-order valence-electron chi connectivity index (χ3n) is 3.04. The average molecular weight is 221 g/mol. The van der Waals surface area contributed by atoms with Gasteiger partial charge in [0.2, 0.25) is 0 Å². The highest BCUT2D eigenvalue weighted by atomic mass is 16.5. The number of aliphatic hydroxyl groups is 1. The number of hydrogen-bond acceptors (Lipinski definition) is 3. The van der Waals surface area contributed by atoms with Gasteiger partial charge < -0.3 is 9.84 Å². The van der Waals surface area contributed by atoms with E-state index in [9.17, 15) is 0 Å². The fourth-order valence-corrected chi connectivity index (χ4v) is 2.13. The lowest BCUT2D eigenvalue weighted by atomic mass is 10.1. The van der Waals surface area contributed by atoms with Crippen LogP contribution >= 0.6 is 0 Å². The van der Waals surface area contributed by atoms with Crippen LogP contribution in [0.15, 0.2) is 30.3 Å². The summed E-state index contributed by atoms with van der Waals surface area (Å²) >= 11 is 0. The van der Waals surface area contributed by atoms with Crippen LogP contribution in [0.25, 0.3) is 0 Å². The van der Waals surface area contributed by atoms with Gasteiger partial charge in [0.05, 0.1) is 13.2 Å². The predicted molar refractivity (Wildman–Crippen MR) is 63.2 cm³/mol. The van der Waals surface area contributed by atoms with Crippen molar-refractivity contribution < 1.29 is 9.84 Å². The maximum atomic E-state index is 9.02. The zero-order valence-corrected chi connectivity index (χ0v) is 9.51. The van der Waals surface area contributed by atoms with Crippen LogP contribution in [0.5, 0.6) is 0 Å². The standard InChI is InChI=1S/C13H19NO2/c15-8-6-13-11-16-9-7-14(13)10-12-4-2-1-3-5-12/h1-5,13,15H,6-11H2. The van der Waals surface area contributed by atoms with Crippen molar-refractivity contribution in [1.82, 2.24) is 4.90 Å². The molecule has 1 N–H and O–H groups in total. The quantitative estimate of drug-likeness (QED) is 0.831. The first-order chi connectivity index (χ1) is 7.90. The summed E-state index contributed by atoms with van der Waals surface area (Å²) in [4.78, 5) is 2.40. The van der Waals surface area contributed by atoms with Crippen molar-refractivity contribution in [3.63, 3.8) is 0 Å². The molecule has 1 aromatic rings. The zero-order chi connectivity index (χ0) is 11.2. The van der Waals surface area contributed by atoms with E-state index in [1.54, 1.807) is 0 Å². The molecule has 0 saturated carbocycles. The number of nitrogens with zero attached hydrogens (tertiary/aromatic N) is 1. The van der Waals surface area contributed by atoms with Gasteiger partial charge in [0.25, 0.3) is 0 Å². The Labute approximate surface area is 96.6 Å². The molecule has 1 aliphatic heterocycles. The molecule has 1 atom stereocenters. The second-order valence-electron chi connectivity index (χ2n) is 4.20. The second kappa shape index (κ2) is 5.99. The van der Waals surface area contributed by atoms with Crippen molar-refractivity contribution in [1.29, 1.82) is 0 Å². The highest BCUT2D eigenvalue weighted by Crippen LogP contribution is 2.14. The minimum atomic E-state index is 0.235. The molecule has 1 aromatic carbocycles. The largest absolute Gasteiger partial charge is 0.396 e. The van der Waals surface area contributed by atoms with Crippen molar-refractivity contribution in [2.24, 2.45) is 0 Å². The van der Waals surface area contributed by atoms with E-state index in [0.717, 1.165) is 32.7 Å². The third-order valence-corrected chi connectivity index (χ3v) is 3.04. The Morgan fingerprint density at radius 1 is 1.31 bits per heavy atom. The Bertz CT molecular complexity index is 300. The molecular formula is C13H19NO2. The second-order valence-corrected chi connectivity index (χ2v) is 4.20. The van der Waals surface area contributed by atoms with Crippen LogP contribution in [0.1, 0.15) is 12.0 Å². The van der Waals surface area contributed by atoms with Gasteiger partial charge >= 0.3 is 0 Å². The topological polar surface area (TPSA) is 32.7 Å². The third kappa shape index (κ3) is 3.04. The van der Waals surface area contributed by atoms with Gasteiger partial charge in [0, 0.05) is 25.7 Å². The fraction of sp³-hybridized carbons (Fsp3) is 0.538. The highest BCUT2D eigenvalue weighted by Gasteiger charge is 2.22. The van der Waals surface area contributed by atoms with Crippen LogP contribution in [0.3, 0.4) is 0 Å². The zero-order valence-electron chi connectivity index (χ0n) is 9.51. The minimum Gasteiger partial charge on any atom is -0.396 e. The monoisotopic (exact) mass is 221 g/mol. The summed E-state index contributed by atoms with van der Waals surface area (Å²) in [5.41, 5.74) is 1.33. The molecule has 3 heteroatoms. The predicted octanol–water partition coefficient (Wildman–Crippen LogP) is 1.27. The van der Waals surface area contributed by atoms with Gasteiger partial charge in [-0.1, -0.05) is 30.3 Å². The number of hydrogen-bond donors (Lipinski definition) is 1. The molecule has 1 saturated heterocycles. The van der Waals surface area contributed by atoms with Crippen LogP contribution < -0.4 is 0 Å². The molecule has 0 bridgehead atoms. The van der Waals surface area contributed by atoms with Crippen LogP contribution in [-0.2, 0) is 11.3 Å². The summed E-state index contributed by atoms with van der Waals surface area (Å²) in [5, 5.41) is 9.02. The average Bonchev–Trinajstić information content (AvgIpc) is 2.33. The molecule has 88 valence electrons. The molecule has 0 aliphatic carbocycles. The number of rotatable bonds is 4. The van der Waals surface area contributed by atoms with E-state index in [-0.39, 0.29) is 6.61 Å². The molecule has 0 spiro atoms. The summed E-state index contributed by atoms with van der Waals surface area (Å²) in [6.45, 7) is 3.69. The Balaban J connectivity index is 1.96. The molecule has 2 rings (SSSR count). The maximum Gasteiger partial charge on any atom is 0.0623 e. The lowest BCUT2D eigenvalue weighted by Crippen LogP contribution is -2.45. The van der Waals surface area contributed by atoms with Gasteiger partial charge in [-0.25, -0.2) is 0 Å². The number of benzene rings is 1. The Hall–Kier alpha value is -0.900. The van der Waals surface area contributed by atoms with Gasteiger partial charge in [-0.15, -0.1) is 0 Å². The van der Waals surface area contributed by atoms with Gasteiger partial charge in [-0.2, -0.15) is 0 Å². The summed E-state index contributed by atoms with van der Waals surface area (Å²) in [6.07, 6.45) is 0.798. The number of morpholine rings is 1. The van der Waals surface area contributed by atoms with Gasteiger partial charge in [-0.05, 0) is 12.0 Å². The van der Waals surface area contributed by atoms with Crippen molar-refractivity contribution >= 4 is 0 Å². The van der Waals surface area contributed by atoms with Gasteiger partial charge in [0.15, 0.2) is 0 Å². The van der Waals surface area contributed by atoms with Crippen molar-refractivity contribution in [2.45, 2.75) is 19.0 Å². The summed E-state index contributed by atoms with van der Waals surface area (Å²) in [6, 6.07) is 10.8. The normalized spacial score (nSPS) is 22.2. The van der Waals surface area contributed by atoms with Crippen LogP contribution in [0, 0.1) is 0 Å². The first kappa shape index (κ1) is 11.6. The van der Waals surface area contributed by atoms with E-state index in [4.69, 9.17) is 9.84 Å². The van der Waals surface area contributed by atoms with E-state index in [1.807, 2.05) is 6.07 Å². The highest BCUT2D eigenvalue weighted by molar-refractivity contribution is 5.14. The van der Waals surface area contributed by atoms with E-state index >= 15 is 0 Å². The van der Waals surface area contributed by atoms with Gasteiger partial charge in [-0.3, -0.25) is 4.90 Å². The molecule has 1 aliphatic rings. The minimum absolute atomic E-state index is 0.235. The van der Waals surface area contributed by atoms with Crippen LogP contribution in [0.2, 0.25) is 0 Å². The number of ether oxygens (including phenoxy) is 1. The first-order valence-corrected chi connectivity index (χ1v) is 5.86. The maximum absolute atomic E-state index is 9.02. The summed E-state index contributed by atoms with van der Waals surface area (Å²) in [5.74, 6) is 0. The fourth-order valence-electron chi connectivity index (χ4n) is 2.13. The molecular weight excluding hydrogens is 202 g/mol. The molecule has 0 aromatic heterocycles. The van der Waals surface area contributed by atoms with Gasteiger partial charge in [0.1, 0.15) is 0 Å². The van der Waals surface area contributed by atoms with E-state index in [1.165, 1.54) is 5.56 Å². The molecule has 16 heavy (non-hydrogen) atoms. The molecule has 0 radical (unpaired) electrons. The molecule has 1 heterocycles. The SMILES string of the molecule is OCCC1COCCN1Cc1ccccc1. The number of aliphatic hydroxyl groups excluding tert-OH is 1. The van der Waals surface area contributed by atoms with E-state index in [2.05, 4.69) is 29.2 Å². The Kier molecular flexibility index (Phi) is 4.34. The first-order valence-electron chi connectivity index (χ1n) is 5.86. The van der Waals surface area contributed by atoms with Crippen molar-refractivity contribution in [3.05, 3.63) is 35.9 Å². The lowest BCUT2D eigenvalue weighted by Gasteiger charge is -2.35. The van der Waals surface area contributed by atoms with Crippen molar-refractivity contribution in [2.75, 3.05) is 26.4 Å². The smallest absolute Gasteiger partial charge is 0.0623 e. The molecule has 1 unspecified atom stereocenters. The van der Waals surface area contributed by atoms with E-state index < -0.39 is 0 Å². The summed E-state index contributed by atoms with van der Waals surface area (Å²) in [7, 11) is 0. The van der Waals surface area contributed by atoms with Crippen LogP contribution in [-0.4, -0.2) is 42.4 Å². The Morgan fingerprint density at radius 2 is 2.12 bits per heavy atom. The van der Waals surface area contributed by atoms with Crippen molar-refractivity contribution in [3.8, 4) is 0 Å². The molecule has 1 fully saturated rings. The van der Waals surface area contributed by atoms with E-state index in [0.29, 0.717) is 6.04 Å². The molecule has 3 nitrogen and oxygen atoms in total.